The Morgan fingerprint density at radius 3 is 2.00 bits per heavy atom. The van der Waals surface area contributed by atoms with Gasteiger partial charge in [-0.1, -0.05) is 13.8 Å². The molecule has 0 aliphatic carbocycles. The van der Waals surface area contributed by atoms with E-state index >= 15 is 0 Å². The molecular formula is C14H31NO4. The second-order valence-corrected chi connectivity index (χ2v) is 5.30. The predicted octanol–water partition coefficient (Wildman–Crippen LogP) is 1.32. The third-order valence-corrected chi connectivity index (χ3v) is 2.81. The normalized spacial score (nSPS) is 12.0. The molecule has 0 amide bonds. The number of methoxy groups -OCH3 is 2. The van der Waals surface area contributed by atoms with Gasteiger partial charge in [0.05, 0.1) is 33.0 Å². The summed E-state index contributed by atoms with van der Waals surface area (Å²) in [6, 6.07) is 0. The van der Waals surface area contributed by atoms with Crippen molar-refractivity contribution in [1.82, 2.24) is 5.32 Å². The van der Waals surface area contributed by atoms with Gasteiger partial charge in [-0.05, 0) is 11.8 Å². The van der Waals surface area contributed by atoms with E-state index in [1.165, 1.54) is 0 Å². The van der Waals surface area contributed by atoms with E-state index in [1.54, 1.807) is 14.2 Å². The van der Waals surface area contributed by atoms with E-state index < -0.39 is 0 Å². The van der Waals surface area contributed by atoms with Crippen LogP contribution in [-0.2, 0) is 18.9 Å². The molecule has 5 nitrogen and oxygen atoms in total. The van der Waals surface area contributed by atoms with Crippen molar-refractivity contribution in [3.63, 3.8) is 0 Å². The molecule has 0 atom stereocenters. The van der Waals surface area contributed by atoms with Gasteiger partial charge in [0.15, 0.2) is 0 Å². The second-order valence-electron chi connectivity index (χ2n) is 5.30. The summed E-state index contributed by atoms with van der Waals surface area (Å²) in [7, 11) is 3.39. The molecule has 0 aromatic carbocycles. The van der Waals surface area contributed by atoms with Crippen LogP contribution in [0.5, 0.6) is 0 Å². The van der Waals surface area contributed by atoms with E-state index in [0.29, 0.717) is 26.4 Å². The van der Waals surface area contributed by atoms with Gasteiger partial charge in [-0.2, -0.15) is 0 Å². The first kappa shape index (κ1) is 18.8. The lowest BCUT2D eigenvalue weighted by molar-refractivity contribution is 0.0184. The molecule has 0 saturated heterocycles. The van der Waals surface area contributed by atoms with Gasteiger partial charge in [0, 0.05) is 33.9 Å². The molecule has 0 bridgehead atoms. The highest BCUT2D eigenvalue weighted by Crippen LogP contribution is 2.18. The Labute approximate surface area is 117 Å². The first-order valence-electron chi connectivity index (χ1n) is 6.96. The maximum absolute atomic E-state index is 5.56. The van der Waals surface area contributed by atoms with Crippen LogP contribution in [0.2, 0.25) is 0 Å². The van der Waals surface area contributed by atoms with E-state index in [0.717, 1.165) is 32.7 Å². The molecule has 0 rings (SSSR count). The predicted molar refractivity (Wildman–Crippen MR) is 76.7 cm³/mol. The molecule has 0 fully saturated rings. The highest BCUT2D eigenvalue weighted by molar-refractivity contribution is 4.71. The summed E-state index contributed by atoms with van der Waals surface area (Å²) >= 11 is 0. The number of rotatable bonds is 14. The van der Waals surface area contributed by atoms with Crippen molar-refractivity contribution in [3.05, 3.63) is 0 Å². The van der Waals surface area contributed by atoms with Gasteiger partial charge in [-0.3, -0.25) is 0 Å². The Morgan fingerprint density at radius 1 is 0.789 bits per heavy atom. The van der Waals surface area contributed by atoms with Crippen molar-refractivity contribution in [1.29, 1.82) is 0 Å². The molecule has 0 heterocycles. The molecule has 116 valence electrons. The molecular weight excluding hydrogens is 246 g/mol. The zero-order chi connectivity index (χ0) is 14.4. The molecule has 0 aliphatic rings. The molecule has 0 radical (unpaired) electrons. The van der Waals surface area contributed by atoms with Crippen LogP contribution in [0, 0.1) is 5.41 Å². The van der Waals surface area contributed by atoms with Crippen molar-refractivity contribution in [2.24, 2.45) is 5.41 Å². The lowest BCUT2D eigenvalue weighted by Gasteiger charge is -2.25. The molecule has 0 aromatic rings. The van der Waals surface area contributed by atoms with E-state index in [1.807, 2.05) is 0 Å². The summed E-state index contributed by atoms with van der Waals surface area (Å²) in [5.74, 6) is 0. The minimum atomic E-state index is 0.241. The fourth-order valence-corrected chi connectivity index (χ4v) is 1.50. The van der Waals surface area contributed by atoms with Crippen molar-refractivity contribution in [2.75, 3.05) is 67.0 Å². The zero-order valence-corrected chi connectivity index (χ0v) is 13.0. The SMILES string of the molecule is COCCNCC(C)(C)CCOCCOCCOC. The maximum atomic E-state index is 5.56. The fraction of sp³-hybridized carbons (Fsp3) is 1.00. The molecule has 0 spiro atoms. The number of nitrogens with one attached hydrogen (secondary N) is 1. The average molecular weight is 277 g/mol. The van der Waals surface area contributed by atoms with Gasteiger partial charge in [0.25, 0.3) is 0 Å². The smallest absolute Gasteiger partial charge is 0.0701 e. The topological polar surface area (TPSA) is 49.0 Å². The van der Waals surface area contributed by atoms with Crippen LogP contribution in [0.4, 0.5) is 0 Å². The van der Waals surface area contributed by atoms with Gasteiger partial charge in [0.1, 0.15) is 0 Å². The summed E-state index contributed by atoms with van der Waals surface area (Å²) in [6.07, 6.45) is 1.03. The summed E-state index contributed by atoms with van der Waals surface area (Å²) in [5.41, 5.74) is 0.241. The summed E-state index contributed by atoms with van der Waals surface area (Å²) < 4.78 is 20.8. The maximum Gasteiger partial charge on any atom is 0.0701 e. The number of hydrogen-bond donors (Lipinski definition) is 1. The van der Waals surface area contributed by atoms with Crippen LogP contribution in [-0.4, -0.2) is 67.0 Å². The Hall–Kier alpha value is -0.200. The van der Waals surface area contributed by atoms with Crippen LogP contribution >= 0.6 is 0 Å². The number of hydrogen-bond acceptors (Lipinski definition) is 5. The standard InChI is InChI=1S/C14H31NO4/c1-14(2,13-15-6-8-16-3)5-7-18-11-12-19-10-9-17-4/h15H,5-13H2,1-4H3. The first-order valence-corrected chi connectivity index (χ1v) is 6.96. The van der Waals surface area contributed by atoms with Gasteiger partial charge < -0.3 is 24.3 Å². The summed E-state index contributed by atoms with van der Waals surface area (Å²) in [5, 5.41) is 3.38. The van der Waals surface area contributed by atoms with Crippen LogP contribution < -0.4 is 5.32 Å². The van der Waals surface area contributed by atoms with Crippen LogP contribution in [0.1, 0.15) is 20.3 Å². The van der Waals surface area contributed by atoms with Gasteiger partial charge in [-0.25, -0.2) is 0 Å². The first-order chi connectivity index (χ1) is 9.12. The summed E-state index contributed by atoms with van der Waals surface area (Å²) in [4.78, 5) is 0. The van der Waals surface area contributed by atoms with E-state index in [4.69, 9.17) is 18.9 Å². The summed E-state index contributed by atoms with van der Waals surface area (Å²) in [6.45, 7) is 10.4. The van der Waals surface area contributed by atoms with Gasteiger partial charge in [0.2, 0.25) is 0 Å². The monoisotopic (exact) mass is 277 g/mol. The Balaban J connectivity index is 3.32. The quantitative estimate of drug-likeness (QED) is 0.485. The number of ether oxygens (including phenoxy) is 4. The van der Waals surface area contributed by atoms with Crippen molar-refractivity contribution in [2.45, 2.75) is 20.3 Å². The Bertz CT molecular complexity index is 188. The van der Waals surface area contributed by atoms with E-state index in [9.17, 15) is 0 Å². The van der Waals surface area contributed by atoms with E-state index in [-0.39, 0.29) is 5.41 Å². The van der Waals surface area contributed by atoms with Crippen molar-refractivity contribution < 1.29 is 18.9 Å². The zero-order valence-electron chi connectivity index (χ0n) is 13.0. The highest BCUT2D eigenvalue weighted by Gasteiger charge is 2.16. The largest absolute Gasteiger partial charge is 0.383 e. The Kier molecular flexibility index (Phi) is 12.7. The van der Waals surface area contributed by atoms with Crippen molar-refractivity contribution >= 4 is 0 Å². The third kappa shape index (κ3) is 14.0. The Morgan fingerprint density at radius 2 is 1.37 bits per heavy atom. The minimum absolute atomic E-state index is 0.241. The molecule has 1 N–H and O–H groups in total. The van der Waals surface area contributed by atoms with Crippen LogP contribution in [0.25, 0.3) is 0 Å². The average Bonchev–Trinajstić information content (AvgIpc) is 2.38. The second kappa shape index (κ2) is 12.8. The van der Waals surface area contributed by atoms with Gasteiger partial charge >= 0.3 is 0 Å². The molecule has 0 aromatic heterocycles. The molecule has 5 heteroatoms. The van der Waals surface area contributed by atoms with Crippen LogP contribution in [0.3, 0.4) is 0 Å². The van der Waals surface area contributed by atoms with Crippen LogP contribution in [0.15, 0.2) is 0 Å². The minimum Gasteiger partial charge on any atom is -0.383 e. The van der Waals surface area contributed by atoms with E-state index in [2.05, 4.69) is 19.2 Å². The molecule has 0 saturated carbocycles. The fourth-order valence-electron chi connectivity index (χ4n) is 1.50. The third-order valence-electron chi connectivity index (χ3n) is 2.81. The molecule has 0 unspecified atom stereocenters. The van der Waals surface area contributed by atoms with Crippen molar-refractivity contribution in [3.8, 4) is 0 Å². The molecule has 0 aliphatic heterocycles. The lowest BCUT2D eigenvalue weighted by Crippen LogP contribution is -2.32. The van der Waals surface area contributed by atoms with Gasteiger partial charge in [-0.15, -0.1) is 0 Å². The highest BCUT2D eigenvalue weighted by atomic mass is 16.5. The lowest BCUT2D eigenvalue weighted by atomic mass is 9.90. The molecule has 19 heavy (non-hydrogen) atoms.